The summed E-state index contributed by atoms with van der Waals surface area (Å²) in [5.74, 6) is 0.303. The molecule has 0 amide bonds. The Hall–Kier alpha value is -2.38. The molecule has 3 rings (SSSR count). The van der Waals surface area contributed by atoms with Crippen LogP contribution < -0.4 is 10.0 Å². The molecule has 5 nitrogen and oxygen atoms in total. The zero-order chi connectivity index (χ0) is 17.7. The van der Waals surface area contributed by atoms with Crippen molar-refractivity contribution in [2.24, 2.45) is 0 Å². The van der Waals surface area contributed by atoms with Crippen LogP contribution in [0.1, 0.15) is 17.4 Å². The maximum Gasteiger partial charge on any atom is 0.272 e. The van der Waals surface area contributed by atoms with Gasteiger partial charge >= 0.3 is 0 Å². The van der Waals surface area contributed by atoms with Crippen LogP contribution in [0.3, 0.4) is 0 Å². The molecule has 0 aliphatic heterocycles. The number of benzene rings is 1. The Morgan fingerprint density at radius 2 is 1.84 bits per heavy atom. The number of thiophene rings is 1. The number of aryl methyl sites for hydroxylation is 1. The Labute approximate surface area is 151 Å². The van der Waals surface area contributed by atoms with Crippen molar-refractivity contribution in [1.29, 1.82) is 0 Å². The highest BCUT2D eigenvalue weighted by molar-refractivity contribution is 7.94. The van der Waals surface area contributed by atoms with E-state index < -0.39 is 10.0 Å². The van der Waals surface area contributed by atoms with E-state index in [9.17, 15) is 8.42 Å². The second-order valence-electron chi connectivity index (χ2n) is 5.45. The summed E-state index contributed by atoms with van der Waals surface area (Å²) in [6.07, 6.45) is 2.44. The number of sulfonamides is 1. The summed E-state index contributed by atoms with van der Waals surface area (Å²) in [6.45, 7) is 2.68. The largest absolute Gasteiger partial charge is 0.380 e. The normalized spacial score (nSPS) is 11.2. The second-order valence-corrected chi connectivity index (χ2v) is 8.53. The number of anilines is 2. The zero-order valence-electron chi connectivity index (χ0n) is 13.8. The minimum absolute atomic E-state index is 0.303. The molecular formula is C18H19N3O2S2. The number of hydrogen-bond acceptors (Lipinski definition) is 5. The van der Waals surface area contributed by atoms with Crippen molar-refractivity contribution in [2.75, 3.05) is 10.0 Å². The van der Waals surface area contributed by atoms with Crippen molar-refractivity contribution < 1.29 is 8.42 Å². The Morgan fingerprint density at radius 3 is 2.48 bits per heavy atom. The van der Waals surface area contributed by atoms with Crippen LogP contribution in [0, 0.1) is 0 Å². The Bertz CT molecular complexity index is 920. The Morgan fingerprint density at radius 1 is 1.04 bits per heavy atom. The van der Waals surface area contributed by atoms with Crippen molar-refractivity contribution in [3.8, 4) is 0 Å². The SMILES string of the molecule is CCc1ccc(S(=O)(=O)Nc2ccc(NCc3ccccc3)cn2)s1. The highest BCUT2D eigenvalue weighted by atomic mass is 32.2. The van der Waals surface area contributed by atoms with Gasteiger partial charge in [0.2, 0.25) is 0 Å². The second kappa shape index (κ2) is 7.67. The van der Waals surface area contributed by atoms with Gasteiger partial charge < -0.3 is 5.32 Å². The van der Waals surface area contributed by atoms with E-state index in [-0.39, 0.29) is 0 Å². The first-order valence-electron chi connectivity index (χ1n) is 7.92. The summed E-state index contributed by atoms with van der Waals surface area (Å²) in [4.78, 5) is 5.22. The molecule has 0 atom stereocenters. The van der Waals surface area contributed by atoms with Crippen LogP contribution in [0.25, 0.3) is 0 Å². The minimum atomic E-state index is -3.59. The lowest BCUT2D eigenvalue weighted by molar-refractivity contribution is 0.603. The fourth-order valence-corrected chi connectivity index (χ4v) is 4.54. The summed E-state index contributed by atoms with van der Waals surface area (Å²) in [7, 11) is -3.59. The lowest BCUT2D eigenvalue weighted by Crippen LogP contribution is -2.12. The van der Waals surface area contributed by atoms with Crippen molar-refractivity contribution in [3.05, 3.63) is 71.2 Å². The van der Waals surface area contributed by atoms with Gasteiger partial charge in [0, 0.05) is 11.4 Å². The smallest absolute Gasteiger partial charge is 0.272 e. The summed E-state index contributed by atoms with van der Waals surface area (Å²) in [5, 5.41) is 3.26. The van der Waals surface area contributed by atoms with E-state index in [1.807, 2.05) is 43.3 Å². The molecule has 0 aliphatic carbocycles. The quantitative estimate of drug-likeness (QED) is 0.653. The summed E-state index contributed by atoms with van der Waals surface area (Å²) in [6, 6.07) is 16.9. The van der Waals surface area contributed by atoms with Gasteiger partial charge in [-0.05, 0) is 36.2 Å². The minimum Gasteiger partial charge on any atom is -0.380 e. The molecule has 2 aromatic heterocycles. The maximum atomic E-state index is 12.4. The molecule has 130 valence electrons. The maximum absolute atomic E-state index is 12.4. The number of rotatable bonds is 7. The van der Waals surface area contributed by atoms with Gasteiger partial charge in [0.05, 0.1) is 11.9 Å². The third kappa shape index (κ3) is 4.58. The monoisotopic (exact) mass is 373 g/mol. The highest BCUT2D eigenvalue weighted by Crippen LogP contribution is 2.24. The molecule has 3 aromatic rings. The third-order valence-electron chi connectivity index (χ3n) is 3.59. The van der Waals surface area contributed by atoms with E-state index in [0.29, 0.717) is 16.6 Å². The van der Waals surface area contributed by atoms with E-state index >= 15 is 0 Å². The average Bonchev–Trinajstić information content (AvgIpc) is 3.12. The lowest BCUT2D eigenvalue weighted by Gasteiger charge is -2.08. The molecule has 1 aromatic carbocycles. The van der Waals surface area contributed by atoms with Crippen molar-refractivity contribution in [1.82, 2.24) is 4.98 Å². The zero-order valence-corrected chi connectivity index (χ0v) is 15.4. The standard InChI is InChI=1S/C18H19N3O2S2/c1-2-16-9-11-18(24-16)25(22,23)21-17-10-8-15(13-20-17)19-12-14-6-4-3-5-7-14/h3-11,13,19H,2,12H2,1H3,(H,20,21). The van der Waals surface area contributed by atoms with Crippen LogP contribution in [0.15, 0.2) is 65.0 Å². The van der Waals surface area contributed by atoms with Crippen LogP contribution >= 0.6 is 11.3 Å². The summed E-state index contributed by atoms with van der Waals surface area (Å²) < 4.78 is 27.6. The lowest BCUT2D eigenvalue weighted by atomic mass is 10.2. The molecule has 0 fully saturated rings. The molecular weight excluding hydrogens is 354 g/mol. The molecule has 0 spiro atoms. The van der Waals surface area contributed by atoms with E-state index in [1.54, 1.807) is 24.4 Å². The summed E-state index contributed by atoms with van der Waals surface area (Å²) >= 11 is 1.28. The number of nitrogens with one attached hydrogen (secondary N) is 2. The predicted octanol–water partition coefficient (Wildman–Crippen LogP) is 4.12. The van der Waals surface area contributed by atoms with E-state index in [0.717, 1.165) is 22.5 Å². The van der Waals surface area contributed by atoms with Crippen LogP contribution in [0.2, 0.25) is 0 Å². The molecule has 2 heterocycles. The number of nitrogens with zero attached hydrogens (tertiary/aromatic N) is 1. The van der Waals surface area contributed by atoms with E-state index in [2.05, 4.69) is 15.0 Å². The first kappa shape index (κ1) is 17.4. The van der Waals surface area contributed by atoms with Crippen LogP contribution in [-0.2, 0) is 23.0 Å². The third-order valence-corrected chi connectivity index (χ3v) is 6.67. The van der Waals surface area contributed by atoms with Crippen molar-refractivity contribution in [2.45, 2.75) is 24.1 Å². The van der Waals surface area contributed by atoms with E-state index in [4.69, 9.17) is 0 Å². The molecule has 0 aliphatic rings. The molecule has 0 unspecified atom stereocenters. The average molecular weight is 374 g/mol. The van der Waals surface area contributed by atoms with Crippen LogP contribution in [0.4, 0.5) is 11.5 Å². The fourth-order valence-electron chi connectivity index (χ4n) is 2.24. The number of pyridine rings is 1. The van der Waals surface area contributed by atoms with Gasteiger partial charge in [-0.25, -0.2) is 13.4 Å². The highest BCUT2D eigenvalue weighted by Gasteiger charge is 2.17. The van der Waals surface area contributed by atoms with E-state index in [1.165, 1.54) is 11.3 Å². The molecule has 0 bridgehead atoms. The molecule has 0 saturated heterocycles. The fraction of sp³-hybridized carbons (Fsp3) is 0.167. The van der Waals surface area contributed by atoms with Gasteiger partial charge in [-0.15, -0.1) is 11.3 Å². The number of hydrogen-bond donors (Lipinski definition) is 2. The predicted molar refractivity (Wildman–Crippen MR) is 103 cm³/mol. The molecule has 2 N–H and O–H groups in total. The molecule has 25 heavy (non-hydrogen) atoms. The van der Waals surface area contributed by atoms with Gasteiger partial charge in [-0.1, -0.05) is 37.3 Å². The van der Waals surface area contributed by atoms with Crippen LogP contribution in [0.5, 0.6) is 0 Å². The van der Waals surface area contributed by atoms with Crippen molar-refractivity contribution in [3.63, 3.8) is 0 Å². The van der Waals surface area contributed by atoms with Gasteiger partial charge in [0.25, 0.3) is 10.0 Å². The molecule has 7 heteroatoms. The first-order chi connectivity index (χ1) is 12.1. The first-order valence-corrected chi connectivity index (χ1v) is 10.2. The van der Waals surface area contributed by atoms with Gasteiger partial charge in [-0.2, -0.15) is 0 Å². The topological polar surface area (TPSA) is 71.1 Å². The van der Waals surface area contributed by atoms with Gasteiger partial charge in [-0.3, -0.25) is 4.72 Å². The molecule has 0 radical (unpaired) electrons. The Kier molecular flexibility index (Phi) is 5.35. The summed E-state index contributed by atoms with van der Waals surface area (Å²) in [5.41, 5.74) is 1.99. The van der Waals surface area contributed by atoms with Gasteiger partial charge in [0.1, 0.15) is 10.0 Å². The van der Waals surface area contributed by atoms with Crippen LogP contribution in [-0.4, -0.2) is 13.4 Å². The van der Waals surface area contributed by atoms with Gasteiger partial charge in [0.15, 0.2) is 0 Å². The molecule has 0 saturated carbocycles. The number of aromatic nitrogens is 1. The van der Waals surface area contributed by atoms with Crippen molar-refractivity contribution >= 4 is 32.9 Å². The Balaban J connectivity index is 1.64.